The zero-order valence-electron chi connectivity index (χ0n) is 11.8. The van der Waals surface area contributed by atoms with Crippen LogP contribution in [0.15, 0.2) is 12.4 Å². The fourth-order valence-electron chi connectivity index (χ4n) is 2.72. The van der Waals surface area contributed by atoms with Gasteiger partial charge >= 0.3 is 0 Å². The van der Waals surface area contributed by atoms with Crippen molar-refractivity contribution >= 4 is 5.82 Å². The molecule has 1 saturated carbocycles. The van der Waals surface area contributed by atoms with Crippen molar-refractivity contribution in [3.05, 3.63) is 18.1 Å². The van der Waals surface area contributed by atoms with E-state index < -0.39 is 0 Å². The Morgan fingerprint density at radius 3 is 2.68 bits per heavy atom. The quantitative estimate of drug-likeness (QED) is 0.879. The van der Waals surface area contributed by atoms with E-state index in [1.54, 1.807) is 6.33 Å². The van der Waals surface area contributed by atoms with Crippen molar-refractivity contribution in [1.29, 1.82) is 0 Å². The van der Waals surface area contributed by atoms with Crippen LogP contribution in [0.25, 0.3) is 0 Å². The lowest BCUT2D eigenvalue weighted by Crippen LogP contribution is -2.43. The van der Waals surface area contributed by atoms with Crippen LogP contribution >= 0.6 is 0 Å². The van der Waals surface area contributed by atoms with Crippen molar-refractivity contribution < 1.29 is 0 Å². The summed E-state index contributed by atoms with van der Waals surface area (Å²) >= 11 is 0. The zero-order chi connectivity index (χ0) is 13.1. The largest absolute Gasteiger partial charge is 0.356 e. The second kappa shape index (κ2) is 5.87. The summed E-state index contributed by atoms with van der Waals surface area (Å²) in [5.74, 6) is 2.08. The molecule has 1 aromatic rings. The van der Waals surface area contributed by atoms with Crippen molar-refractivity contribution in [2.45, 2.75) is 45.1 Å². The smallest absolute Gasteiger partial charge is 0.132 e. The molecule has 3 rings (SSSR count). The van der Waals surface area contributed by atoms with Crippen LogP contribution in [0.1, 0.15) is 38.3 Å². The van der Waals surface area contributed by atoms with Gasteiger partial charge in [0.25, 0.3) is 0 Å². The minimum Gasteiger partial charge on any atom is -0.356 e. The molecule has 4 nitrogen and oxygen atoms in total. The molecule has 0 bridgehead atoms. The van der Waals surface area contributed by atoms with Crippen LogP contribution in [0.3, 0.4) is 0 Å². The third-order valence-corrected chi connectivity index (χ3v) is 4.28. The minimum atomic E-state index is 0.712. The highest BCUT2D eigenvalue weighted by atomic mass is 15.2. The SMILES string of the molecule is CCc1cc(N2CCC(NCC3CC3)CC2)ncn1. The number of hydrogen-bond acceptors (Lipinski definition) is 4. The zero-order valence-corrected chi connectivity index (χ0v) is 11.8. The minimum absolute atomic E-state index is 0.712. The lowest BCUT2D eigenvalue weighted by Gasteiger charge is -2.33. The van der Waals surface area contributed by atoms with E-state index in [0.29, 0.717) is 6.04 Å². The average Bonchev–Trinajstić information content (AvgIpc) is 3.30. The van der Waals surface area contributed by atoms with E-state index in [9.17, 15) is 0 Å². The third kappa shape index (κ3) is 3.44. The first-order chi connectivity index (χ1) is 9.35. The van der Waals surface area contributed by atoms with Crippen LogP contribution in [0.4, 0.5) is 5.82 Å². The molecule has 2 aliphatic rings. The highest BCUT2D eigenvalue weighted by molar-refractivity contribution is 5.39. The number of piperidine rings is 1. The van der Waals surface area contributed by atoms with Gasteiger partial charge in [0, 0.05) is 30.9 Å². The Kier molecular flexibility index (Phi) is 3.97. The van der Waals surface area contributed by atoms with Gasteiger partial charge in [0.05, 0.1) is 0 Å². The van der Waals surface area contributed by atoms with E-state index >= 15 is 0 Å². The Hall–Kier alpha value is -1.16. The summed E-state index contributed by atoms with van der Waals surface area (Å²) in [6, 6.07) is 2.85. The summed E-state index contributed by atoms with van der Waals surface area (Å²) in [6.45, 7) is 5.60. The van der Waals surface area contributed by atoms with E-state index in [-0.39, 0.29) is 0 Å². The molecule has 1 aromatic heterocycles. The normalized spacial score (nSPS) is 20.8. The van der Waals surface area contributed by atoms with Crippen LogP contribution in [0.5, 0.6) is 0 Å². The van der Waals surface area contributed by atoms with E-state index in [4.69, 9.17) is 0 Å². The number of nitrogens with one attached hydrogen (secondary N) is 1. The van der Waals surface area contributed by atoms with Gasteiger partial charge in [0.1, 0.15) is 12.1 Å². The van der Waals surface area contributed by atoms with E-state index in [0.717, 1.165) is 36.9 Å². The van der Waals surface area contributed by atoms with Crippen molar-refractivity contribution in [3.8, 4) is 0 Å². The summed E-state index contributed by atoms with van der Waals surface area (Å²) < 4.78 is 0. The summed E-state index contributed by atoms with van der Waals surface area (Å²) in [6.07, 6.45) is 8.02. The molecule has 0 atom stereocenters. The van der Waals surface area contributed by atoms with Gasteiger partial charge in [-0.15, -0.1) is 0 Å². The molecule has 0 unspecified atom stereocenters. The van der Waals surface area contributed by atoms with Gasteiger partial charge in [-0.2, -0.15) is 0 Å². The average molecular weight is 260 g/mol. The number of aryl methyl sites for hydroxylation is 1. The maximum atomic E-state index is 4.41. The lowest BCUT2D eigenvalue weighted by atomic mass is 10.0. The van der Waals surface area contributed by atoms with Crippen molar-refractivity contribution in [1.82, 2.24) is 15.3 Å². The summed E-state index contributed by atoms with van der Waals surface area (Å²) in [5, 5.41) is 3.72. The fourth-order valence-corrected chi connectivity index (χ4v) is 2.72. The number of nitrogens with zero attached hydrogens (tertiary/aromatic N) is 3. The lowest BCUT2D eigenvalue weighted by molar-refractivity contribution is 0.407. The van der Waals surface area contributed by atoms with Crippen LogP contribution in [-0.4, -0.2) is 35.6 Å². The fraction of sp³-hybridized carbons (Fsp3) is 0.733. The molecular weight excluding hydrogens is 236 g/mol. The van der Waals surface area contributed by atoms with Crippen molar-refractivity contribution in [2.75, 3.05) is 24.5 Å². The molecule has 1 saturated heterocycles. The molecule has 0 aromatic carbocycles. The first-order valence-electron chi connectivity index (χ1n) is 7.64. The summed E-state index contributed by atoms with van der Waals surface area (Å²) in [5.41, 5.74) is 1.14. The highest BCUT2D eigenvalue weighted by Gasteiger charge is 2.24. The van der Waals surface area contributed by atoms with Gasteiger partial charge in [0.2, 0.25) is 0 Å². The van der Waals surface area contributed by atoms with E-state index in [1.165, 1.54) is 32.2 Å². The first kappa shape index (κ1) is 12.9. The summed E-state index contributed by atoms with van der Waals surface area (Å²) in [7, 11) is 0. The molecule has 1 N–H and O–H groups in total. The number of anilines is 1. The molecule has 1 aliphatic carbocycles. The predicted molar refractivity (Wildman–Crippen MR) is 77.4 cm³/mol. The molecule has 1 aliphatic heterocycles. The van der Waals surface area contributed by atoms with Crippen LogP contribution < -0.4 is 10.2 Å². The van der Waals surface area contributed by atoms with Gasteiger partial charge in [-0.05, 0) is 44.6 Å². The molecular formula is C15H24N4. The Balaban J connectivity index is 1.50. The first-order valence-corrected chi connectivity index (χ1v) is 7.64. The standard InChI is InChI=1S/C15H24N4/c1-2-13-9-15(18-11-17-13)19-7-5-14(6-8-19)16-10-12-3-4-12/h9,11-12,14,16H,2-8,10H2,1H3. The van der Waals surface area contributed by atoms with E-state index in [1.807, 2.05) is 0 Å². The van der Waals surface area contributed by atoms with Gasteiger partial charge in [0.15, 0.2) is 0 Å². The number of hydrogen-bond donors (Lipinski definition) is 1. The molecule has 104 valence electrons. The molecule has 2 heterocycles. The van der Waals surface area contributed by atoms with Crippen molar-refractivity contribution in [3.63, 3.8) is 0 Å². The van der Waals surface area contributed by atoms with Crippen LogP contribution in [0, 0.1) is 5.92 Å². The predicted octanol–water partition coefficient (Wildman–Crippen LogP) is 2.01. The van der Waals surface area contributed by atoms with Crippen LogP contribution in [0.2, 0.25) is 0 Å². The van der Waals surface area contributed by atoms with Gasteiger partial charge < -0.3 is 10.2 Å². The number of aromatic nitrogens is 2. The molecule has 0 amide bonds. The second-order valence-corrected chi connectivity index (χ2v) is 5.83. The molecule has 2 fully saturated rings. The molecule has 19 heavy (non-hydrogen) atoms. The number of rotatable bonds is 5. The topological polar surface area (TPSA) is 41.0 Å². The Labute approximate surface area is 115 Å². The summed E-state index contributed by atoms with van der Waals surface area (Å²) in [4.78, 5) is 11.1. The Morgan fingerprint density at radius 2 is 2.00 bits per heavy atom. The highest BCUT2D eigenvalue weighted by Crippen LogP contribution is 2.28. The molecule has 4 heteroatoms. The molecule has 0 radical (unpaired) electrons. The Bertz CT molecular complexity index is 408. The third-order valence-electron chi connectivity index (χ3n) is 4.28. The van der Waals surface area contributed by atoms with Crippen molar-refractivity contribution in [2.24, 2.45) is 5.92 Å². The van der Waals surface area contributed by atoms with Gasteiger partial charge in [-0.25, -0.2) is 9.97 Å². The van der Waals surface area contributed by atoms with Gasteiger partial charge in [-0.1, -0.05) is 6.92 Å². The Morgan fingerprint density at radius 1 is 1.21 bits per heavy atom. The maximum Gasteiger partial charge on any atom is 0.132 e. The second-order valence-electron chi connectivity index (χ2n) is 5.83. The monoisotopic (exact) mass is 260 g/mol. The maximum absolute atomic E-state index is 4.41. The van der Waals surface area contributed by atoms with E-state index in [2.05, 4.69) is 33.2 Å². The molecule has 0 spiro atoms. The van der Waals surface area contributed by atoms with Crippen LogP contribution in [-0.2, 0) is 6.42 Å². The van der Waals surface area contributed by atoms with Gasteiger partial charge in [-0.3, -0.25) is 0 Å².